The molecule has 0 saturated heterocycles. The van der Waals surface area contributed by atoms with Crippen molar-refractivity contribution in [1.29, 1.82) is 0 Å². The Labute approximate surface area is 157 Å². The molecule has 0 radical (unpaired) electrons. The lowest BCUT2D eigenvalue weighted by Gasteiger charge is -2.22. The highest BCUT2D eigenvalue weighted by Gasteiger charge is 2.14. The third kappa shape index (κ3) is 7.02. The molecule has 2 rings (SSSR count). The molecule has 0 unspecified atom stereocenters. The van der Waals surface area contributed by atoms with Gasteiger partial charge in [0.1, 0.15) is 0 Å². The van der Waals surface area contributed by atoms with Gasteiger partial charge in [-0.25, -0.2) is 8.78 Å². The molecule has 0 atom stereocenters. The van der Waals surface area contributed by atoms with E-state index < -0.39 is 11.6 Å². The third-order valence-electron chi connectivity index (χ3n) is 3.45. The molecular weight excluding hydrogens is 366 g/mol. The number of thioether (sulfide) groups is 1. The summed E-state index contributed by atoms with van der Waals surface area (Å²) in [5.41, 5.74) is 6.59. The summed E-state index contributed by atoms with van der Waals surface area (Å²) in [5, 5.41) is 0. The van der Waals surface area contributed by atoms with E-state index in [-0.39, 0.29) is 24.1 Å². The molecule has 0 aliphatic rings. The van der Waals surface area contributed by atoms with Gasteiger partial charge in [-0.05, 0) is 36.7 Å². The number of halogens is 3. The third-order valence-corrected chi connectivity index (χ3v) is 4.43. The maximum Gasteiger partial charge on any atom is 0.233 e. The van der Waals surface area contributed by atoms with Gasteiger partial charge in [-0.1, -0.05) is 30.3 Å². The van der Waals surface area contributed by atoms with Crippen molar-refractivity contribution in [2.75, 3.05) is 18.8 Å². The summed E-state index contributed by atoms with van der Waals surface area (Å²) in [7, 11) is 0. The Bertz CT molecular complexity index is 673. The normalized spacial score (nSPS) is 10.2. The number of carbonyl (C=O) groups is 1. The second-order valence-electron chi connectivity index (χ2n) is 5.31. The first-order valence-corrected chi connectivity index (χ1v) is 8.68. The van der Waals surface area contributed by atoms with Gasteiger partial charge in [0.05, 0.1) is 5.75 Å². The van der Waals surface area contributed by atoms with E-state index in [0.29, 0.717) is 31.0 Å². The zero-order valence-corrected chi connectivity index (χ0v) is 15.3. The quantitative estimate of drug-likeness (QED) is 0.701. The highest BCUT2D eigenvalue weighted by Crippen LogP contribution is 2.21. The molecule has 3 nitrogen and oxygen atoms in total. The molecule has 0 spiro atoms. The van der Waals surface area contributed by atoms with E-state index >= 15 is 0 Å². The lowest BCUT2D eigenvalue weighted by atomic mass is 10.2. The maximum absolute atomic E-state index is 13.2. The molecule has 0 bridgehead atoms. The van der Waals surface area contributed by atoms with Gasteiger partial charge in [0.2, 0.25) is 5.91 Å². The van der Waals surface area contributed by atoms with E-state index in [9.17, 15) is 13.6 Å². The first kappa shape index (κ1) is 21.4. The SMILES string of the molecule is Cl.NCCCN(Cc1ccccc1)C(=O)CSc1ccc(F)c(F)c1. The van der Waals surface area contributed by atoms with E-state index in [1.807, 2.05) is 30.3 Å². The van der Waals surface area contributed by atoms with Crippen LogP contribution in [0.4, 0.5) is 8.78 Å². The molecule has 0 saturated carbocycles. The van der Waals surface area contributed by atoms with Crippen LogP contribution in [0.2, 0.25) is 0 Å². The molecule has 2 aromatic carbocycles. The Morgan fingerprint density at radius 2 is 1.80 bits per heavy atom. The summed E-state index contributed by atoms with van der Waals surface area (Å²) in [6.07, 6.45) is 0.717. The Morgan fingerprint density at radius 3 is 2.44 bits per heavy atom. The maximum atomic E-state index is 13.2. The largest absolute Gasteiger partial charge is 0.338 e. The molecule has 2 N–H and O–H groups in total. The van der Waals surface area contributed by atoms with Crippen LogP contribution in [0.1, 0.15) is 12.0 Å². The van der Waals surface area contributed by atoms with Crippen LogP contribution >= 0.6 is 24.2 Å². The number of rotatable bonds is 8. The average Bonchev–Trinajstić information content (AvgIpc) is 2.60. The minimum Gasteiger partial charge on any atom is -0.338 e. The summed E-state index contributed by atoms with van der Waals surface area (Å²) >= 11 is 1.19. The van der Waals surface area contributed by atoms with Crippen molar-refractivity contribution in [3.05, 3.63) is 65.7 Å². The van der Waals surface area contributed by atoms with Crippen molar-refractivity contribution in [3.63, 3.8) is 0 Å². The molecule has 0 fully saturated rings. The zero-order valence-electron chi connectivity index (χ0n) is 13.7. The van der Waals surface area contributed by atoms with Crippen LogP contribution in [-0.4, -0.2) is 29.6 Å². The van der Waals surface area contributed by atoms with E-state index in [1.54, 1.807) is 4.90 Å². The molecule has 25 heavy (non-hydrogen) atoms. The first-order chi connectivity index (χ1) is 11.6. The minimum atomic E-state index is -0.906. The molecule has 0 aliphatic heterocycles. The zero-order chi connectivity index (χ0) is 17.4. The predicted molar refractivity (Wildman–Crippen MR) is 99.9 cm³/mol. The van der Waals surface area contributed by atoms with Gasteiger partial charge in [0.15, 0.2) is 11.6 Å². The summed E-state index contributed by atoms with van der Waals surface area (Å²) in [4.78, 5) is 14.7. The van der Waals surface area contributed by atoms with Crippen LogP contribution in [0, 0.1) is 11.6 Å². The minimum absolute atomic E-state index is 0. The van der Waals surface area contributed by atoms with Crippen molar-refractivity contribution in [3.8, 4) is 0 Å². The fraction of sp³-hybridized carbons (Fsp3) is 0.278. The van der Waals surface area contributed by atoms with Gasteiger partial charge in [0.25, 0.3) is 0 Å². The van der Waals surface area contributed by atoms with Gasteiger partial charge >= 0.3 is 0 Å². The monoisotopic (exact) mass is 386 g/mol. The van der Waals surface area contributed by atoms with E-state index in [4.69, 9.17) is 5.73 Å². The molecule has 0 aliphatic carbocycles. The standard InChI is InChI=1S/C18H20F2N2OS.ClH/c19-16-8-7-15(11-17(16)20)24-13-18(23)22(10-4-9-21)12-14-5-2-1-3-6-14;/h1-3,5-8,11H,4,9-10,12-13,21H2;1H. The van der Waals surface area contributed by atoms with Crippen LogP contribution in [0.3, 0.4) is 0 Å². The number of amides is 1. The molecule has 2 aromatic rings. The van der Waals surface area contributed by atoms with Crippen molar-refractivity contribution in [2.24, 2.45) is 5.73 Å². The summed E-state index contributed by atoms with van der Waals surface area (Å²) in [6, 6.07) is 13.4. The van der Waals surface area contributed by atoms with Gasteiger partial charge in [-0.3, -0.25) is 4.79 Å². The highest BCUT2D eigenvalue weighted by atomic mass is 35.5. The topological polar surface area (TPSA) is 46.3 Å². The van der Waals surface area contributed by atoms with Crippen LogP contribution in [0.25, 0.3) is 0 Å². The van der Waals surface area contributed by atoms with Gasteiger partial charge in [-0.15, -0.1) is 24.2 Å². The van der Waals surface area contributed by atoms with Crippen molar-refractivity contribution < 1.29 is 13.6 Å². The number of nitrogens with zero attached hydrogens (tertiary/aromatic N) is 1. The molecule has 7 heteroatoms. The lowest BCUT2D eigenvalue weighted by molar-refractivity contribution is -0.129. The Balaban J connectivity index is 0.00000312. The Kier molecular flexibility index (Phi) is 9.49. The summed E-state index contributed by atoms with van der Waals surface area (Å²) in [6.45, 7) is 1.59. The number of hydrogen-bond acceptors (Lipinski definition) is 3. The Morgan fingerprint density at radius 1 is 1.08 bits per heavy atom. The fourth-order valence-electron chi connectivity index (χ4n) is 2.18. The highest BCUT2D eigenvalue weighted by molar-refractivity contribution is 8.00. The molecule has 1 amide bonds. The fourth-order valence-corrected chi connectivity index (χ4v) is 3.00. The van der Waals surface area contributed by atoms with Crippen LogP contribution in [0.5, 0.6) is 0 Å². The van der Waals surface area contributed by atoms with Crippen LogP contribution < -0.4 is 5.73 Å². The van der Waals surface area contributed by atoms with Crippen molar-refractivity contribution in [1.82, 2.24) is 4.90 Å². The average molecular weight is 387 g/mol. The lowest BCUT2D eigenvalue weighted by Crippen LogP contribution is -2.33. The molecular formula is C18H21ClF2N2OS. The van der Waals surface area contributed by atoms with Crippen molar-refractivity contribution >= 4 is 30.1 Å². The molecule has 136 valence electrons. The van der Waals surface area contributed by atoms with E-state index in [0.717, 1.165) is 17.7 Å². The van der Waals surface area contributed by atoms with Crippen LogP contribution in [0.15, 0.2) is 53.4 Å². The van der Waals surface area contributed by atoms with Crippen LogP contribution in [-0.2, 0) is 11.3 Å². The molecule has 0 aromatic heterocycles. The predicted octanol–water partition coefficient (Wildman–Crippen LogP) is 3.86. The van der Waals surface area contributed by atoms with E-state index in [1.165, 1.54) is 17.8 Å². The van der Waals surface area contributed by atoms with Gasteiger partial charge in [-0.2, -0.15) is 0 Å². The Hall–Kier alpha value is -1.63. The van der Waals surface area contributed by atoms with Gasteiger partial charge in [0, 0.05) is 18.0 Å². The second kappa shape index (κ2) is 11.1. The molecule has 0 heterocycles. The van der Waals surface area contributed by atoms with E-state index in [2.05, 4.69) is 0 Å². The summed E-state index contributed by atoms with van der Waals surface area (Å²) in [5.74, 6) is -1.68. The van der Waals surface area contributed by atoms with Crippen molar-refractivity contribution in [2.45, 2.75) is 17.9 Å². The summed E-state index contributed by atoms with van der Waals surface area (Å²) < 4.78 is 26.2. The first-order valence-electron chi connectivity index (χ1n) is 7.70. The van der Waals surface area contributed by atoms with Gasteiger partial charge < -0.3 is 10.6 Å². The number of hydrogen-bond donors (Lipinski definition) is 1. The number of carbonyl (C=O) groups excluding carboxylic acids is 1. The number of benzene rings is 2. The smallest absolute Gasteiger partial charge is 0.233 e. The number of nitrogens with two attached hydrogens (primary N) is 1. The second-order valence-corrected chi connectivity index (χ2v) is 6.36.